The predicted molar refractivity (Wildman–Crippen MR) is 96.7 cm³/mol. The Kier molecular flexibility index (Phi) is 5.74. The van der Waals surface area contributed by atoms with Crippen LogP contribution in [0.2, 0.25) is 0 Å². The lowest BCUT2D eigenvalue weighted by Crippen LogP contribution is -3.17. The monoisotopic (exact) mass is 332 g/mol. The van der Waals surface area contributed by atoms with Crippen LogP contribution in [-0.4, -0.2) is 51.3 Å². The molecule has 1 aromatic rings. The van der Waals surface area contributed by atoms with Crippen molar-refractivity contribution in [3.8, 4) is 0 Å². The normalized spacial score (nSPS) is 26.0. The van der Waals surface area contributed by atoms with Gasteiger partial charge in [0, 0.05) is 24.5 Å². The van der Waals surface area contributed by atoms with Crippen molar-refractivity contribution in [2.24, 2.45) is 5.92 Å². The molecule has 0 spiro atoms. The quantitative estimate of drug-likeness (QED) is 0.870. The SMILES string of the molecule is CC1CC[NH+]([C@H](C)C(=O)Nc2ccc(N3CCOCC3)cc2)CC1. The Morgan fingerprint density at radius 2 is 1.83 bits per heavy atom. The maximum atomic E-state index is 12.5. The first-order chi connectivity index (χ1) is 11.6. The van der Waals surface area contributed by atoms with E-state index < -0.39 is 0 Å². The second kappa shape index (κ2) is 7.99. The van der Waals surface area contributed by atoms with Gasteiger partial charge in [0.1, 0.15) is 0 Å². The molecule has 1 atom stereocenters. The summed E-state index contributed by atoms with van der Waals surface area (Å²) in [7, 11) is 0. The van der Waals surface area contributed by atoms with Crippen LogP contribution in [0.25, 0.3) is 0 Å². The van der Waals surface area contributed by atoms with Gasteiger partial charge in [0.2, 0.25) is 0 Å². The van der Waals surface area contributed by atoms with Crippen LogP contribution < -0.4 is 15.1 Å². The van der Waals surface area contributed by atoms with Gasteiger partial charge in [-0.1, -0.05) is 6.92 Å². The van der Waals surface area contributed by atoms with Crippen molar-refractivity contribution in [2.75, 3.05) is 49.6 Å². The topological polar surface area (TPSA) is 46.0 Å². The Hall–Kier alpha value is -1.59. The molecule has 2 fully saturated rings. The lowest BCUT2D eigenvalue weighted by Gasteiger charge is -2.31. The highest BCUT2D eigenvalue weighted by Crippen LogP contribution is 2.19. The number of carbonyl (C=O) groups is 1. The summed E-state index contributed by atoms with van der Waals surface area (Å²) in [5.41, 5.74) is 2.08. The van der Waals surface area contributed by atoms with Crippen LogP contribution in [0.1, 0.15) is 26.7 Å². The molecule has 0 aliphatic carbocycles. The lowest BCUT2D eigenvalue weighted by molar-refractivity contribution is -0.919. The fraction of sp³-hybridized carbons (Fsp3) is 0.632. The van der Waals surface area contributed by atoms with E-state index in [1.807, 2.05) is 19.1 Å². The minimum Gasteiger partial charge on any atom is -0.378 e. The molecule has 2 saturated heterocycles. The number of piperidine rings is 1. The molecule has 2 aliphatic rings. The second-order valence-corrected chi connectivity index (χ2v) is 7.20. The molecule has 2 heterocycles. The predicted octanol–water partition coefficient (Wildman–Crippen LogP) is 1.17. The molecule has 0 saturated carbocycles. The maximum absolute atomic E-state index is 12.5. The van der Waals surface area contributed by atoms with Gasteiger partial charge in [-0.25, -0.2) is 0 Å². The molecule has 1 aromatic carbocycles. The van der Waals surface area contributed by atoms with E-state index in [9.17, 15) is 4.79 Å². The summed E-state index contributed by atoms with van der Waals surface area (Å²) in [6, 6.07) is 8.19. The number of benzene rings is 1. The van der Waals surface area contributed by atoms with Crippen molar-refractivity contribution in [1.82, 2.24) is 0 Å². The number of nitrogens with zero attached hydrogens (tertiary/aromatic N) is 1. The van der Waals surface area contributed by atoms with E-state index in [1.54, 1.807) is 0 Å². The maximum Gasteiger partial charge on any atom is 0.282 e. The standard InChI is InChI=1S/C19H29N3O2/c1-15-7-9-21(10-8-15)16(2)19(23)20-17-3-5-18(6-4-17)22-11-13-24-14-12-22/h3-6,15-16H,7-14H2,1-2H3,(H,20,23)/p+1/t16-/m1/s1. The summed E-state index contributed by atoms with van der Waals surface area (Å²) >= 11 is 0. The third kappa shape index (κ3) is 4.28. The first-order valence-corrected chi connectivity index (χ1v) is 9.21. The van der Waals surface area contributed by atoms with Crippen molar-refractivity contribution >= 4 is 17.3 Å². The van der Waals surface area contributed by atoms with Gasteiger partial charge in [0.05, 0.1) is 26.3 Å². The van der Waals surface area contributed by atoms with Gasteiger partial charge in [-0.05, 0) is 49.9 Å². The zero-order chi connectivity index (χ0) is 16.9. The van der Waals surface area contributed by atoms with Crippen LogP contribution in [0.3, 0.4) is 0 Å². The summed E-state index contributed by atoms with van der Waals surface area (Å²) < 4.78 is 5.39. The highest BCUT2D eigenvalue weighted by atomic mass is 16.5. The van der Waals surface area contributed by atoms with Crippen LogP contribution in [0, 0.1) is 5.92 Å². The van der Waals surface area contributed by atoms with Gasteiger partial charge < -0.3 is 19.9 Å². The van der Waals surface area contributed by atoms with Crippen molar-refractivity contribution < 1.29 is 14.4 Å². The highest BCUT2D eigenvalue weighted by Gasteiger charge is 2.28. The van der Waals surface area contributed by atoms with Gasteiger partial charge in [-0.3, -0.25) is 4.79 Å². The number of rotatable bonds is 4. The third-order valence-electron chi connectivity index (χ3n) is 5.43. The average Bonchev–Trinajstić information content (AvgIpc) is 2.63. The summed E-state index contributed by atoms with van der Waals surface area (Å²) in [4.78, 5) is 16.2. The zero-order valence-corrected chi connectivity index (χ0v) is 14.9. The first-order valence-electron chi connectivity index (χ1n) is 9.21. The lowest BCUT2D eigenvalue weighted by atomic mass is 9.98. The molecular formula is C19H30N3O2+. The van der Waals surface area contributed by atoms with E-state index in [0.717, 1.165) is 51.0 Å². The van der Waals surface area contributed by atoms with Gasteiger partial charge in [0.15, 0.2) is 6.04 Å². The van der Waals surface area contributed by atoms with E-state index in [2.05, 4.69) is 29.3 Å². The van der Waals surface area contributed by atoms with Crippen molar-refractivity contribution in [1.29, 1.82) is 0 Å². The van der Waals surface area contributed by atoms with Gasteiger partial charge in [-0.15, -0.1) is 0 Å². The Balaban J connectivity index is 1.54. The van der Waals surface area contributed by atoms with Gasteiger partial charge >= 0.3 is 0 Å². The summed E-state index contributed by atoms with van der Waals surface area (Å²) in [6.07, 6.45) is 2.45. The van der Waals surface area contributed by atoms with Crippen LogP contribution in [-0.2, 0) is 9.53 Å². The molecule has 3 rings (SSSR count). The number of carbonyl (C=O) groups excluding carboxylic acids is 1. The van der Waals surface area contributed by atoms with Crippen molar-refractivity contribution in [2.45, 2.75) is 32.7 Å². The number of ether oxygens (including phenoxy) is 1. The third-order valence-corrected chi connectivity index (χ3v) is 5.43. The molecule has 0 radical (unpaired) electrons. The number of quaternary nitrogens is 1. The van der Waals surface area contributed by atoms with Gasteiger partial charge in [-0.2, -0.15) is 0 Å². The molecule has 1 amide bonds. The van der Waals surface area contributed by atoms with Crippen molar-refractivity contribution in [3.05, 3.63) is 24.3 Å². The summed E-state index contributed by atoms with van der Waals surface area (Å²) in [6.45, 7) is 9.98. The van der Waals surface area contributed by atoms with Crippen LogP contribution in [0.5, 0.6) is 0 Å². The van der Waals surface area contributed by atoms with Crippen LogP contribution in [0.4, 0.5) is 11.4 Å². The number of amides is 1. The first kappa shape index (κ1) is 17.2. The molecule has 0 bridgehead atoms. The van der Waals surface area contributed by atoms with Gasteiger partial charge in [0.25, 0.3) is 5.91 Å². The molecule has 132 valence electrons. The highest BCUT2D eigenvalue weighted by molar-refractivity contribution is 5.93. The molecular weight excluding hydrogens is 302 g/mol. The van der Waals surface area contributed by atoms with Crippen LogP contribution in [0.15, 0.2) is 24.3 Å². The Morgan fingerprint density at radius 3 is 2.46 bits per heavy atom. The Labute approximate surface area is 145 Å². The number of morpholine rings is 1. The zero-order valence-electron chi connectivity index (χ0n) is 14.9. The summed E-state index contributed by atoms with van der Waals surface area (Å²) in [5, 5.41) is 3.08. The molecule has 24 heavy (non-hydrogen) atoms. The summed E-state index contributed by atoms with van der Waals surface area (Å²) in [5.74, 6) is 0.926. The largest absolute Gasteiger partial charge is 0.378 e. The van der Waals surface area contributed by atoms with Crippen molar-refractivity contribution in [3.63, 3.8) is 0 Å². The number of hydrogen-bond donors (Lipinski definition) is 2. The second-order valence-electron chi connectivity index (χ2n) is 7.20. The number of hydrogen-bond acceptors (Lipinski definition) is 3. The number of nitrogens with one attached hydrogen (secondary N) is 2. The van der Waals surface area contributed by atoms with E-state index in [-0.39, 0.29) is 11.9 Å². The minimum atomic E-state index is 0.0106. The molecule has 0 aromatic heterocycles. The van der Waals surface area contributed by atoms with E-state index in [4.69, 9.17) is 4.74 Å². The molecule has 0 unspecified atom stereocenters. The molecule has 5 nitrogen and oxygen atoms in total. The Morgan fingerprint density at radius 1 is 1.21 bits per heavy atom. The number of likely N-dealkylation sites (tertiary alicyclic amines) is 1. The van der Waals surface area contributed by atoms with E-state index in [0.29, 0.717) is 0 Å². The molecule has 2 aliphatic heterocycles. The average molecular weight is 332 g/mol. The smallest absolute Gasteiger partial charge is 0.282 e. The fourth-order valence-electron chi connectivity index (χ4n) is 3.58. The van der Waals surface area contributed by atoms with Crippen LogP contribution >= 0.6 is 0 Å². The molecule has 5 heteroatoms. The molecule has 2 N–H and O–H groups in total. The van der Waals surface area contributed by atoms with E-state index in [1.165, 1.54) is 23.4 Å². The number of anilines is 2. The van der Waals surface area contributed by atoms with E-state index >= 15 is 0 Å². The minimum absolute atomic E-state index is 0.0106. The fourth-order valence-corrected chi connectivity index (χ4v) is 3.58. The Bertz CT molecular complexity index is 532.